The molecule has 5 aromatic rings. The fourth-order valence-electron chi connectivity index (χ4n) is 7.38. The first-order valence-corrected chi connectivity index (χ1v) is 16.9. The zero-order valence-electron chi connectivity index (χ0n) is 26.2. The van der Waals surface area contributed by atoms with E-state index in [1.807, 2.05) is 4.90 Å². The summed E-state index contributed by atoms with van der Waals surface area (Å²) in [5.41, 5.74) is 0.952. The lowest BCUT2D eigenvalue weighted by molar-refractivity contribution is -0.128. The summed E-state index contributed by atoms with van der Waals surface area (Å²) in [7, 11) is 0. The third kappa shape index (κ3) is 5.54. The van der Waals surface area contributed by atoms with Crippen LogP contribution >= 0.6 is 11.3 Å². The van der Waals surface area contributed by atoms with E-state index in [2.05, 4.69) is 30.9 Å². The number of H-pyrrole nitrogens is 1. The number of rotatable bonds is 7. The minimum absolute atomic E-state index is 0.00610. The lowest BCUT2D eigenvalue weighted by atomic mass is 9.95. The van der Waals surface area contributed by atoms with Gasteiger partial charge in [-0.1, -0.05) is 6.07 Å². The molecule has 0 radical (unpaired) electrons. The van der Waals surface area contributed by atoms with Gasteiger partial charge >= 0.3 is 6.01 Å². The number of aromatic nitrogens is 5. The molecule has 0 spiro atoms. The van der Waals surface area contributed by atoms with Crippen molar-refractivity contribution >= 4 is 50.9 Å². The monoisotopic (exact) mass is 685 g/mol. The topological polar surface area (TPSA) is 127 Å². The molecule has 3 aliphatic heterocycles. The van der Waals surface area contributed by atoms with Crippen LogP contribution in [0, 0.1) is 17.1 Å². The molecule has 11 nitrogen and oxygen atoms in total. The van der Waals surface area contributed by atoms with E-state index in [0.29, 0.717) is 51.2 Å². The number of aromatic amines is 1. The Balaban J connectivity index is 1.14. The van der Waals surface area contributed by atoms with E-state index in [9.17, 15) is 18.8 Å². The quantitative estimate of drug-likeness (QED) is 0.229. The maximum absolute atomic E-state index is 16.7. The summed E-state index contributed by atoms with van der Waals surface area (Å²) in [5.74, 6) is -1.99. The van der Waals surface area contributed by atoms with E-state index in [-0.39, 0.29) is 50.0 Å². The van der Waals surface area contributed by atoms with E-state index in [1.165, 1.54) is 28.6 Å². The SMILES string of the molecule is N#Cc1cccc2[nH]cc(-c3ncc4c(N5CCN(C(=O)/C(F)=C/c6nccs6)CC5)nc(OC[C@@]56CCCN5CC(F)C6)nc4c3F)c12. The Morgan fingerprint density at radius 1 is 1.20 bits per heavy atom. The van der Waals surface area contributed by atoms with Crippen molar-refractivity contribution in [3.05, 3.63) is 64.4 Å². The summed E-state index contributed by atoms with van der Waals surface area (Å²) < 4.78 is 52.1. The highest BCUT2D eigenvalue weighted by atomic mass is 32.1. The summed E-state index contributed by atoms with van der Waals surface area (Å²) >= 11 is 1.23. The predicted octanol–water partition coefficient (Wildman–Crippen LogP) is 5.25. The molecule has 1 aromatic carbocycles. The number of pyridine rings is 1. The Labute approximate surface area is 282 Å². The number of carbonyl (C=O) groups excluding carboxylic acids is 1. The number of nitrogens with zero attached hydrogens (tertiary/aromatic N) is 8. The third-order valence-electron chi connectivity index (χ3n) is 9.73. The summed E-state index contributed by atoms with van der Waals surface area (Å²) in [5, 5.41) is 12.7. The number of fused-ring (bicyclic) bond motifs is 3. The second-order valence-corrected chi connectivity index (χ2v) is 13.5. The summed E-state index contributed by atoms with van der Waals surface area (Å²) in [6.45, 7) is 2.23. The molecule has 0 bridgehead atoms. The normalized spacial score (nSPS) is 21.4. The number of halogens is 3. The molecule has 1 unspecified atom stereocenters. The molecule has 7 heterocycles. The molecular formula is C34H30F3N9O2S. The lowest BCUT2D eigenvalue weighted by Crippen LogP contribution is -2.49. The van der Waals surface area contributed by atoms with E-state index in [4.69, 9.17) is 9.72 Å². The molecule has 3 fully saturated rings. The van der Waals surface area contributed by atoms with Gasteiger partial charge in [0.05, 0.1) is 22.6 Å². The van der Waals surface area contributed by atoms with Crippen molar-refractivity contribution in [3.8, 4) is 23.3 Å². The molecule has 4 aromatic heterocycles. The van der Waals surface area contributed by atoms with Gasteiger partial charge in [0.15, 0.2) is 11.6 Å². The van der Waals surface area contributed by atoms with Crippen LogP contribution in [0.5, 0.6) is 6.01 Å². The van der Waals surface area contributed by atoms with E-state index in [0.717, 1.165) is 25.5 Å². The molecule has 15 heteroatoms. The summed E-state index contributed by atoms with van der Waals surface area (Å²) in [6.07, 6.45) is 6.89. The number of hydrogen-bond donors (Lipinski definition) is 1. The minimum Gasteiger partial charge on any atom is -0.461 e. The maximum Gasteiger partial charge on any atom is 0.319 e. The number of benzene rings is 1. The van der Waals surface area contributed by atoms with Gasteiger partial charge in [-0.05, 0) is 31.5 Å². The Bertz CT molecular complexity index is 2140. The van der Waals surface area contributed by atoms with Gasteiger partial charge in [0.2, 0.25) is 0 Å². The van der Waals surface area contributed by atoms with Crippen molar-refractivity contribution in [2.45, 2.75) is 31.0 Å². The van der Waals surface area contributed by atoms with Gasteiger partial charge in [-0.25, -0.2) is 18.2 Å². The molecule has 3 saturated heterocycles. The second-order valence-electron chi connectivity index (χ2n) is 12.6. The first kappa shape index (κ1) is 31.2. The number of piperazine rings is 1. The van der Waals surface area contributed by atoms with Crippen LogP contribution < -0.4 is 9.64 Å². The number of nitriles is 1. The molecule has 8 rings (SSSR count). The number of anilines is 1. The van der Waals surface area contributed by atoms with Crippen LogP contribution in [0.25, 0.3) is 39.1 Å². The number of carbonyl (C=O) groups is 1. The van der Waals surface area contributed by atoms with Crippen LogP contribution in [0.4, 0.5) is 19.0 Å². The first-order chi connectivity index (χ1) is 23.8. The van der Waals surface area contributed by atoms with Crippen LogP contribution in [-0.2, 0) is 4.79 Å². The first-order valence-electron chi connectivity index (χ1n) is 16.0. The highest BCUT2D eigenvalue weighted by molar-refractivity contribution is 7.10. The van der Waals surface area contributed by atoms with Crippen LogP contribution in [0.1, 0.15) is 29.8 Å². The molecule has 3 aliphatic rings. The molecule has 250 valence electrons. The van der Waals surface area contributed by atoms with Crippen molar-refractivity contribution < 1.29 is 22.7 Å². The van der Waals surface area contributed by atoms with E-state index in [1.54, 1.807) is 29.8 Å². The number of hydrogen-bond acceptors (Lipinski definition) is 10. The number of nitrogens with one attached hydrogen (secondary N) is 1. The molecule has 0 aliphatic carbocycles. The Morgan fingerprint density at radius 3 is 2.86 bits per heavy atom. The zero-order valence-corrected chi connectivity index (χ0v) is 27.0. The van der Waals surface area contributed by atoms with Crippen LogP contribution in [0.15, 0.2) is 48.0 Å². The van der Waals surface area contributed by atoms with Crippen LogP contribution in [0.3, 0.4) is 0 Å². The van der Waals surface area contributed by atoms with Crippen LogP contribution in [-0.4, -0.2) is 98.2 Å². The zero-order chi connectivity index (χ0) is 33.7. The van der Waals surface area contributed by atoms with E-state index < -0.39 is 29.3 Å². The number of alkyl halides is 1. The number of thiazole rings is 1. The largest absolute Gasteiger partial charge is 0.461 e. The van der Waals surface area contributed by atoms with E-state index >= 15 is 4.39 Å². The van der Waals surface area contributed by atoms with Gasteiger partial charge in [0.25, 0.3) is 5.91 Å². The smallest absolute Gasteiger partial charge is 0.319 e. The molecule has 0 saturated carbocycles. The molecular weight excluding hydrogens is 655 g/mol. The van der Waals surface area contributed by atoms with Crippen molar-refractivity contribution in [1.82, 2.24) is 34.7 Å². The standard InChI is InChI=1S/C34H30F3N9O2S/c35-21-14-34(5-2-7-46(34)18-21)19-48-33-42-30-23(17-41-29(28(30)37)22-16-40-25-4-1-3-20(15-38)27(22)25)31(43-33)44-8-10-45(11-9-44)32(47)24(36)13-26-39-6-12-49-26/h1,3-4,6,12-13,16-17,21,40H,2,5,7-11,14,18-19H2/b24-13-/t21?,34-/m0/s1. The van der Waals surface area contributed by atoms with Crippen molar-refractivity contribution in [3.63, 3.8) is 0 Å². The number of amides is 1. The Morgan fingerprint density at radius 2 is 2.06 bits per heavy atom. The van der Waals surface area contributed by atoms with Gasteiger partial charge in [0.1, 0.15) is 34.8 Å². The average Bonchev–Trinajstić information content (AvgIpc) is 3.92. The molecule has 1 amide bonds. The third-order valence-corrected chi connectivity index (χ3v) is 10.5. The van der Waals surface area contributed by atoms with Crippen molar-refractivity contribution in [1.29, 1.82) is 5.26 Å². The molecule has 2 atom stereocenters. The Kier molecular flexibility index (Phi) is 7.92. The summed E-state index contributed by atoms with van der Waals surface area (Å²) in [6, 6.07) is 7.31. The second kappa shape index (κ2) is 12.4. The van der Waals surface area contributed by atoms with Gasteiger partial charge in [0, 0.05) is 85.7 Å². The van der Waals surface area contributed by atoms with Gasteiger partial charge < -0.3 is 19.5 Å². The lowest BCUT2D eigenvalue weighted by Gasteiger charge is -2.35. The fourth-order valence-corrected chi connectivity index (χ4v) is 7.93. The predicted molar refractivity (Wildman–Crippen MR) is 178 cm³/mol. The molecule has 49 heavy (non-hydrogen) atoms. The van der Waals surface area contributed by atoms with Gasteiger partial charge in [-0.3, -0.25) is 14.7 Å². The van der Waals surface area contributed by atoms with Crippen LogP contribution in [0.2, 0.25) is 0 Å². The number of ether oxygens (including phenoxy) is 1. The minimum atomic E-state index is -0.946. The van der Waals surface area contributed by atoms with Gasteiger partial charge in [-0.2, -0.15) is 15.2 Å². The highest BCUT2D eigenvalue weighted by Crippen LogP contribution is 2.41. The highest BCUT2D eigenvalue weighted by Gasteiger charge is 2.49. The van der Waals surface area contributed by atoms with Crippen molar-refractivity contribution in [2.24, 2.45) is 0 Å². The van der Waals surface area contributed by atoms with Gasteiger partial charge in [-0.15, -0.1) is 11.3 Å². The molecule has 1 N–H and O–H groups in total. The maximum atomic E-state index is 16.7. The average molecular weight is 686 g/mol. The Hall–Kier alpha value is -5.07. The summed E-state index contributed by atoms with van der Waals surface area (Å²) in [4.78, 5) is 39.1. The fraction of sp³-hybridized carbons (Fsp3) is 0.353. The van der Waals surface area contributed by atoms with Crippen molar-refractivity contribution in [2.75, 3.05) is 50.8 Å².